The molecule has 0 aliphatic heterocycles. The first-order valence-corrected chi connectivity index (χ1v) is 4.61. The Morgan fingerprint density at radius 2 is 2.31 bits per heavy atom. The number of hydrogen-bond donors (Lipinski definition) is 0. The van der Waals surface area contributed by atoms with Crippen LogP contribution in [0.1, 0.15) is 17.7 Å². The van der Waals surface area contributed by atoms with Crippen molar-refractivity contribution in [3.8, 4) is 5.88 Å². The number of alkyl halides is 3. The normalized spacial score (nSPS) is 10.6. The highest BCUT2D eigenvalue weighted by Gasteiger charge is 2.24. The molecule has 0 saturated heterocycles. The second-order valence-electron chi connectivity index (χ2n) is 2.74. The summed E-state index contributed by atoms with van der Waals surface area (Å²) in [7, 11) is 1.16. The van der Waals surface area contributed by atoms with Gasteiger partial charge < -0.3 is 4.74 Å². The largest absolute Gasteiger partial charge is 0.476 e. The molecule has 0 unspecified atom stereocenters. The van der Waals surface area contributed by atoms with Gasteiger partial charge in [0.25, 0.3) is 12.3 Å². The quantitative estimate of drug-likeness (QED) is 0.469. The van der Waals surface area contributed by atoms with Gasteiger partial charge >= 0.3 is 5.69 Å². The lowest BCUT2D eigenvalue weighted by Crippen LogP contribution is -2.03. The monoisotopic (exact) mass is 252 g/mol. The van der Waals surface area contributed by atoms with E-state index in [0.717, 1.165) is 13.2 Å². The van der Waals surface area contributed by atoms with Crippen molar-refractivity contribution >= 4 is 17.3 Å². The van der Waals surface area contributed by atoms with E-state index in [1.165, 1.54) is 0 Å². The molecule has 5 nitrogen and oxygen atoms in total. The van der Waals surface area contributed by atoms with E-state index in [1.807, 2.05) is 0 Å². The van der Waals surface area contributed by atoms with Gasteiger partial charge in [-0.25, -0.2) is 13.8 Å². The first kappa shape index (κ1) is 12.6. The molecule has 1 aromatic rings. The lowest BCUT2D eigenvalue weighted by atomic mass is 10.2. The Morgan fingerprint density at radius 3 is 2.69 bits per heavy atom. The van der Waals surface area contributed by atoms with E-state index in [2.05, 4.69) is 9.72 Å². The highest BCUT2D eigenvalue weighted by Crippen LogP contribution is 2.32. The molecule has 1 aromatic heterocycles. The van der Waals surface area contributed by atoms with Crippen LogP contribution in [-0.2, 0) is 5.88 Å². The first-order chi connectivity index (χ1) is 7.51. The van der Waals surface area contributed by atoms with Crippen molar-refractivity contribution in [2.75, 3.05) is 7.11 Å². The topological polar surface area (TPSA) is 65.3 Å². The van der Waals surface area contributed by atoms with E-state index in [4.69, 9.17) is 11.6 Å². The molecule has 0 fully saturated rings. The fraction of sp³-hybridized carbons (Fsp3) is 0.375. The van der Waals surface area contributed by atoms with Gasteiger partial charge in [-0.1, -0.05) is 0 Å². The SMILES string of the molecule is COc1nc(CCl)c(C(F)F)cc1[N+](=O)[O-]. The van der Waals surface area contributed by atoms with E-state index in [-0.39, 0.29) is 17.5 Å². The van der Waals surface area contributed by atoms with E-state index in [0.29, 0.717) is 0 Å². The third-order valence-electron chi connectivity index (χ3n) is 1.83. The molecule has 0 atom stereocenters. The fourth-order valence-corrected chi connectivity index (χ4v) is 1.33. The van der Waals surface area contributed by atoms with Crippen molar-refractivity contribution in [1.29, 1.82) is 0 Å². The van der Waals surface area contributed by atoms with Crippen LogP contribution in [0.4, 0.5) is 14.5 Å². The molecule has 16 heavy (non-hydrogen) atoms. The highest BCUT2D eigenvalue weighted by atomic mass is 35.5. The van der Waals surface area contributed by atoms with Gasteiger partial charge in [-0.15, -0.1) is 11.6 Å². The van der Waals surface area contributed by atoms with Gasteiger partial charge in [-0.3, -0.25) is 10.1 Å². The summed E-state index contributed by atoms with van der Waals surface area (Å²) in [6, 6.07) is 0.730. The van der Waals surface area contributed by atoms with Crippen LogP contribution in [0.3, 0.4) is 0 Å². The fourth-order valence-electron chi connectivity index (χ4n) is 1.11. The van der Waals surface area contributed by atoms with E-state index in [1.54, 1.807) is 0 Å². The van der Waals surface area contributed by atoms with Gasteiger partial charge in [0.2, 0.25) is 0 Å². The molecule has 0 saturated carbocycles. The third kappa shape index (κ3) is 2.35. The molecule has 1 heterocycles. The maximum absolute atomic E-state index is 12.5. The minimum absolute atomic E-state index is 0.126. The number of ether oxygens (including phenoxy) is 1. The van der Waals surface area contributed by atoms with Crippen molar-refractivity contribution in [2.24, 2.45) is 0 Å². The number of methoxy groups -OCH3 is 1. The van der Waals surface area contributed by atoms with Crippen LogP contribution >= 0.6 is 11.6 Å². The number of rotatable bonds is 4. The minimum Gasteiger partial charge on any atom is -0.476 e. The van der Waals surface area contributed by atoms with E-state index in [9.17, 15) is 18.9 Å². The van der Waals surface area contributed by atoms with E-state index >= 15 is 0 Å². The number of halogens is 3. The molecular formula is C8H7ClF2N2O3. The summed E-state index contributed by atoms with van der Waals surface area (Å²) in [6.45, 7) is 0. The van der Waals surface area contributed by atoms with Crippen molar-refractivity contribution in [2.45, 2.75) is 12.3 Å². The van der Waals surface area contributed by atoms with Crippen molar-refractivity contribution < 1.29 is 18.4 Å². The van der Waals surface area contributed by atoms with E-state index < -0.39 is 22.6 Å². The van der Waals surface area contributed by atoms with Gasteiger partial charge in [0.1, 0.15) is 0 Å². The van der Waals surface area contributed by atoms with Gasteiger partial charge in [-0.05, 0) is 0 Å². The average molecular weight is 253 g/mol. The predicted octanol–water partition coefficient (Wildman–Crippen LogP) is 2.67. The third-order valence-corrected chi connectivity index (χ3v) is 2.09. The zero-order chi connectivity index (χ0) is 12.3. The smallest absolute Gasteiger partial charge is 0.331 e. The Bertz CT molecular complexity index is 415. The molecule has 0 aliphatic rings. The van der Waals surface area contributed by atoms with Gasteiger partial charge in [0.15, 0.2) is 0 Å². The lowest BCUT2D eigenvalue weighted by Gasteiger charge is -2.07. The molecule has 0 amide bonds. The van der Waals surface area contributed by atoms with Crippen LogP contribution in [-0.4, -0.2) is 17.0 Å². The maximum Gasteiger partial charge on any atom is 0.331 e. The molecule has 8 heteroatoms. The average Bonchev–Trinajstić information content (AvgIpc) is 2.26. The Kier molecular flexibility index (Phi) is 3.94. The second-order valence-corrected chi connectivity index (χ2v) is 3.01. The minimum atomic E-state index is -2.87. The molecule has 0 bridgehead atoms. The van der Waals surface area contributed by atoms with Crippen molar-refractivity contribution in [1.82, 2.24) is 4.98 Å². The number of aromatic nitrogens is 1. The standard InChI is InChI=1S/C8H7ClF2N2O3/c1-16-8-6(13(14)15)2-4(7(10)11)5(3-9)12-8/h2,7H,3H2,1H3. The molecule has 0 spiro atoms. The predicted molar refractivity (Wildman–Crippen MR) is 52.0 cm³/mol. The number of nitro groups is 1. The molecule has 0 N–H and O–H groups in total. The summed E-state index contributed by atoms with van der Waals surface area (Å²) in [5, 5.41) is 10.6. The summed E-state index contributed by atoms with van der Waals surface area (Å²) >= 11 is 5.42. The molecule has 0 aliphatic carbocycles. The molecule has 88 valence electrons. The Hall–Kier alpha value is -1.50. The Balaban J connectivity index is 3.40. The van der Waals surface area contributed by atoms with Gasteiger partial charge in [0.05, 0.1) is 23.6 Å². The first-order valence-electron chi connectivity index (χ1n) is 4.07. The zero-order valence-corrected chi connectivity index (χ0v) is 8.87. The molecular weight excluding hydrogens is 246 g/mol. The van der Waals surface area contributed by atoms with Crippen LogP contribution in [0.2, 0.25) is 0 Å². The van der Waals surface area contributed by atoms with Gasteiger partial charge in [0, 0.05) is 11.6 Å². The zero-order valence-electron chi connectivity index (χ0n) is 8.11. The van der Waals surface area contributed by atoms with Gasteiger partial charge in [-0.2, -0.15) is 0 Å². The molecule has 0 radical (unpaired) electrons. The number of hydrogen-bond acceptors (Lipinski definition) is 4. The van der Waals surface area contributed by atoms with Crippen LogP contribution in [0.15, 0.2) is 6.07 Å². The van der Waals surface area contributed by atoms with Crippen LogP contribution in [0, 0.1) is 10.1 Å². The second kappa shape index (κ2) is 5.02. The summed E-state index contributed by atoms with van der Waals surface area (Å²) in [5.41, 5.74) is -1.28. The summed E-state index contributed by atoms with van der Waals surface area (Å²) in [4.78, 5) is 13.3. The van der Waals surface area contributed by atoms with Crippen molar-refractivity contribution in [3.05, 3.63) is 27.4 Å². The van der Waals surface area contributed by atoms with Crippen LogP contribution in [0.5, 0.6) is 5.88 Å². The van der Waals surface area contributed by atoms with Crippen molar-refractivity contribution in [3.63, 3.8) is 0 Å². The molecule has 1 rings (SSSR count). The Labute approximate surface area is 94.1 Å². The molecule has 0 aromatic carbocycles. The maximum atomic E-state index is 12.5. The lowest BCUT2D eigenvalue weighted by molar-refractivity contribution is -0.386. The number of nitrogens with zero attached hydrogens (tertiary/aromatic N) is 2. The Morgan fingerprint density at radius 1 is 1.69 bits per heavy atom. The summed E-state index contributed by atoms with van der Waals surface area (Å²) in [6.07, 6.45) is -2.87. The van der Waals surface area contributed by atoms with Crippen LogP contribution < -0.4 is 4.74 Å². The highest BCUT2D eigenvalue weighted by molar-refractivity contribution is 6.17. The summed E-state index contributed by atoms with van der Waals surface area (Å²) in [5.74, 6) is -0.598. The number of pyridine rings is 1. The van der Waals surface area contributed by atoms with Crippen LogP contribution in [0.25, 0.3) is 0 Å². The summed E-state index contributed by atoms with van der Waals surface area (Å²) < 4.78 is 29.7.